The monoisotopic (exact) mass is 302 g/mol. The van der Waals surface area contributed by atoms with E-state index in [1.165, 1.54) is 6.07 Å². The van der Waals surface area contributed by atoms with Crippen LogP contribution in [0.25, 0.3) is 0 Å². The van der Waals surface area contributed by atoms with Crippen LogP contribution in [0.15, 0.2) is 18.2 Å². The van der Waals surface area contributed by atoms with E-state index in [0.717, 1.165) is 17.9 Å². The minimum absolute atomic E-state index is 0.0603. The van der Waals surface area contributed by atoms with Gasteiger partial charge >= 0.3 is 0 Å². The molecule has 0 aromatic heterocycles. The van der Waals surface area contributed by atoms with E-state index in [2.05, 4.69) is 18.7 Å². The molecule has 106 valence electrons. The van der Waals surface area contributed by atoms with Gasteiger partial charge in [-0.1, -0.05) is 24.6 Å². The molecule has 1 aliphatic heterocycles. The molecule has 1 heterocycles. The molecule has 0 bridgehead atoms. The first-order chi connectivity index (χ1) is 9.04. The SMILES string of the molecule is CC1SCCN(C(CN)c2ccc(Cl)c(F)c2)C1C. The number of benzene rings is 1. The number of nitrogens with zero attached hydrogens (tertiary/aromatic N) is 1. The van der Waals surface area contributed by atoms with Crippen LogP contribution in [0.3, 0.4) is 0 Å². The molecule has 1 aromatic rings. The summed E-state index contributed by atoms with van der Waals surface area (Å²) in [5.41, 5.74) is 6.84. The van der Waals surface area contributed by atoms with Gasteiger partial charge in [0.05, 0.1) is 5.02 Å². The molecular weight excluding hydrogens is 283 g/mol. The molecule has 0 amide bonds. The van der Waals surface area contributed by atoms with Crippen LogP contribution in [-0.2, 0) is 0 Å². The summed E-state index contributed by atoms with van der Waals surface area (Å²) in [5.74, 6) is 0.725. The lowest BCUT2D eigenvalue weighted by molar-refractivity contribution is 0.150. The highest BCUT2D eigenvalue weighted by Crippen LogP contribution is 2.32. The molecule has 1 fully saturated rings. The highest BCUT2D eigenvalue weighted by Gasteiger charge is 2.31. The average Bonchev–Trinajstić information content (AvgIpc) is 2.39. The number of rotatable bonds is 3. The van der Waals surface area contributed by atoms with Gasteiger partial charge in [0.2, 0.25) is 0 Å². The van der Waals surface area contributed by atoms with Crippen LogP contribution in [0.4, 0.5) is 4.39 Å². The number of hydrogen-bond donors (Lipinski definition) is 1. The van der Waals surface area contributed by atoms with Crippen molar-refractivity contribution < 1.29 is 4.39 Å². The van der Waals surface area contributed by atoms with Crippen molar-refractivity contribution in [2.45, 2.75) is 31.2 Å². The smallest absolute Gasteiger partial charge is 0.142 e. The van der Waals surface area contributed by atoms with Gasteiger partial charge < -0.3 is 5.73 Å². The second kappa shape index (κ2) is 6.44. The normalized spacial score (nSPS) is 26.4. The van der Waals surface area contributed by atoms with Crippen LogP contribution in [0.1, 0.15) is 25.5 Å². The summed E-state index contributed by atoms with van der Waals surface area (Å²) >= 11 is 7.72. The predicted molar refractivity (Wildman–Crippen MR) is 81.3 cm³/mol. The minimum Gasteiger partial charge on any atom is -0.329 e. The van der Waals surface area contributed by atoms with Gasteiger partial charge in [0.25, 0.3) is 0 Å². The average molecular weight is 303 g/mol. The highest BCUT2D eigenvalue weighted by molar-refractivity contribution is 8.00. The van der Waals surface area contributed by atoms with E-state index in [1.54, 1.807) is 6.07 Å². The van der Waals surface area contributed by atoms with Crippen LogP contribution in [0.5, 0.6) is 0 Å². The van der Waals surface area contributed by atoms with Crippen molar-refractivity contribution in [2.24, 2.45) is 5.73 Å². The van der Waals surface area contributed by atoms with Gasteiger partial charge in [0.15, 0.2) is 0 Å². The lowest BCUT2D eigenvalue weighted by Crippen LogP contribution is -2.48. The van der Waals surface area contributed by atoms with Crippen molar-refractivity contribution >= 4 is 23.4 Å². The van der Waals surface area contributed by atoms with Crippen molar-refractivity contribution in [1.82, 2.24) is 4.90 Å². The van der Waals surface area contributed by atoms with Gasteiger partial charge in [-0.2, -0.15) is 11.8 Å². The molecule has 3 unspecified atom stereocenters. The van der Waals surface area contributed by atoms with E-state index in [0.29, 0.717) is 17.8 Å². The van der Waals surface area contributed by atoms with Crippen molar-refractivity contribution in [1.29, 1.82) is 0 Å². The van der Waals surface area contributed by atoms with Crippen LogP contribution in [0.2, 0.25) is 5.02 Å². The number of hydrogen-bond acceptors (Lipinski definition) is 3. The summed E-state index contributed by atoms with van der Waals surface area (Å²) in [4.78, 5) is 2.38. The van der Waals surface area contributed by atoms with Gasteiger partial charge in [-0.25, -0.2) is 4.39 Å². The summed E-state index contributed by atoms with van der Waals surface area (Å²) in [6.07, 6.45) is 0. The maximum atomic E-state index is 13.6. The molecule has 0 spiro atoms. The Kier molecular flexibility index (Phi) is 5.12. The molecule has 1 saturated heterocycles. The van der Waals surface area contributed by atoms with Gasteiger partial charge in [-0.3, -0.25) is 4.90 Å². The van der Waals surface area contributed by atoms with E-state index in [-0.39, 0.29) is 16.9 Å². The molecule has 1 aliphatic rings. The molecule has 1 aromatic carbocycles. The number of thioether (sulfide) groups is 1. The third-order valence-corrected chi connectivity index (χ3v) is 5.53. The quantitative estimate of drug-likeness (QED) is 0.929. The lowest BCUT2D eigenvalue weighted by atomic mass is 10.0. The fourth-order valence-electron chi connectivity index (χ4n) is 2.58. The van der Waals surface area contributed by atoms with Crippen molar-refractivity contribution in [3.8, 4) is 0 Å². The Hall–Kier alpha value is -0.290. The molecule has 0 radical (unpaired) electrons. The fraction of sp³-hybridized carbons (Fsp3) is 0.571. The maximum absolute atomic E-state index is 13.6. The summed E-state index contributed by atoms with van der Waals surface area (Å²) in [6, 6.07) is 5.50. The van der Waals surface area contributed by atoms with E-state index >= 15 is 0 Å². The number of halogens is 2. The van der Waals surface area contributed by atoms with Crippen molar-refractivity contribution in [2.75, 3.05) is 18.8 Å². The topological polar surface area (TPSA) is 29.3 Å². The molecule has 0 aliphatic carbocycles. The van der Waals surface area contributed by atoms with Crippen LogP contribution in [-0.4, -0.2) is 35.0 Å². The molecule has 3 atom stereocenters. The zero-order valence-corrected chi connectivity index (χ0v) is 12.8. The van der Waals surface area contributed by atoms with E-state index in [4.69, 9.17) is 17.3 Å². The summed E-state index contributed by atoms with van der Waals surface area (Å²) in [7, 11) is 0. The Labute approximate surface area is 123 Å². The molecule has 2 rings (SSSR count). The first kappa shape index (κ1) is 15.1. The maximum Gasteiger partial charge on any atom is 0.142 e. The van der Waals surface area contributed by atoms with Crippen molar-refractivity contribution in [3.63, 3.8) is 0 Å². The summed E-state index contributed by atoms with van der Waals surface area (Å²) in [6.45, 7) is 5.92. The highest BCUT2D eigenvalue weighted by atomic mass is 35.5. The van der Waals surface area contributed by atoms with Gasteiger partial charge in [-0.05, 0) is 24.6 Å². The third kappa shape index (κ3) is 3.24. The fourth-order valence-corrected chi connectivity index (χ4v) is 3.82. The lowest BCUT2D eigenvalue weighted by Gasteiger charge is -2.42. The molecule has 0 saturated carbocycles. The van der Waals surface area contributed by atoms with E-state index in [9.17, 15) is 4.39 Å². The Morgan fingerprint density at radius 2 is 2.26 bits per heavy atom. The second-order valence-corrected chi connectivity index (χ2v) is 6.87. The standard InChI is InChI=1S/C14H20ClFN2S/c1-9-10(2)19-6-5-18(9)14(8-17)11-3-4-12(15)13(16)7-11/h3-4,7,9-10,14H,5-6,8,17H2,1-2H3. The molecule has 19 heavy (non-hydrogen) atoms. The third-order valence-electron chi connectivity index (χ3n) is 3.88. The minimum atomic E-state index is -0.371. The summed E-state index contributed by atoms with van der Waals surface area (Å²) < 4.78 is 13.6. The van der Waals surface area contributed by atoms with Crippen LogP contribution in [0, 0.1) is 5.82 Å². The van der Waals surface area contributed by atoms with Gasteiger partial charge in [-0.15, -0.1) is 0 Å². The van der Waals surface area contributed by atoms with Gasteiger partial charge in [0.1, 0.15) is 5.82 Å². The Balaban J connectivity index is 2.25. The number of nitrogens with two attached hydrogens (primary N) is 1. The first-order valence-electron chi connectivity index (χ1n) is 6.57. The van der Waals surface area contributed by atoms with Crippen molar-refractivity contribution in [3.05, 3.63) is 34.6 Å². The molecule has 2 N–H and O–H groups in total. The Morgan fingerprint density at radius 3 is 2.89 bits per heavy atom. The second-order valence-electron chi connectivity index (χ2n) is 4.98. The predicted octanol–water partition coefficient (Wildman–Crippen LogP) is 3.30. The Morgan fingerprint density at radius 1 is 1.53 bits per heavy atom. The zero-order chi connectivity index (χ0) is 14.0. The molecule has 2 nitrogen and oxygen atoms in total. The van der Waals surface area contributed by atoms with Gasteiger partial charge in [0, 0.05) is 36.2 Å². The molecule has 5 heteroatoms. The van der Waals surface area contributed by atoms with E-state index in [1.807, 2.05) is 17.8 Å². The van der Waals surface area contributed by atoms with E-state index < -0.39 is 0 Å². The summed E-state index contributed by atoms with van der Waals surface area (Å²) in [5, 5.41) is 0.732. The molecular formula is C14H20ClFN2S. The zero-order valence-electron chi connectivity index (χ0n) is 11.3. The van der Waals surface area contributed by atoms with Crippen LogP contribution < -0.4 is 5.73 Å². The first-order valence-corrected chi connectivity index (χ1v) is 7.99. The largest absolute Gasteiger partial charge is 0.329 e. The van der Waals surface area contributed by atoms with Crippen LogP contribution >= 0.6 is 23.4 Å². The Bertz CT molecular complexity index is 443.